The van der Waals surface area contributed by atoms with Gasteiger partial charge in [-0.2, -0.15) is 4.98 Å². The lowest BCUT2D eigenvalue weighted by Crippen LogP contribution is -2.54. The second-order valence-corrected chi connectivity index (χ2v) is 18.2. The van der Waals surface area contributed by atoms with Crippen molar-refractivity contribution in [2.45, 2.75) is 64.5 Å². The molecule has 9 rings (SSSR count). The Morgan fingerprint density at radius 3 is 2.48 bits per heavy atom. The van der Waals surface area contributed by atoms with Gasteiger partial charge in [-0.05, 0) is 101 Å². The van der Waals surface area contributed by atoms with Gasteiger partial charge in [0.15, 0.2) is 18.2 Å². The number of carbonyl (C=O) groups excluding carboxylic acids is 5. The van der Waals surface area contributed by atoms with E-state index in [1.54, 1.807) is 29.0 Å². The second-order valence-electron chi connectivity index (χ2n) is 17.8. The second kappa shape index (κ2) is 16.9. The smallest absolute Gasteiger partial charge is 0.293 e. The highest BCUT2D eigenvalue weighted by Gasteiger charge is 2.47. The zero-order valence-electron chi connectivity index (χ0n) is 35.6. The largest absolute Gasteiger partial charge is 0.478 e. The van der Waals surface area contributed by atoms with Crippen LogP contribution in [0.5, 0.6) is 5.75 Å². The van der Waals surface area contributed by atoms with E-state index in [1.807, 2.05) is 38.1 Å². The standard InChI is InChI=1S/C45H51ClN10O7/c1-26(2)55-34-7-4-29(18-28(34)19-36(43(55)62)63-23-38(58)47-3)49-39-33(46)21-48-44(51-39)53-14-10-27(11-15-53)22-52-16-12-45(24-52)13-17-54(25-45)30-5-6-31-32(20-30)42(61)56(41(31)60)35-8-9-37(57)50-40(35)59/h4-7,18-21,26-27,35H,8-17,22-25H2,1-3H3,(H,47,58)(H,48,49,51)(H,50,57,59). The number of likely N-dealkylation sites (N-methyl/N-ethyl adjacent to an activating group) is 1. The van der Waals surface area contributed by atoms with Gasteiger partial charge < -0.3 is 34.6 Å². The molecule has 63 heavy (non-hydrogen) atoms. The van der Waals surface area contributed by atoms with E-state index in [4.69, 9.17) is 21.3 Å². The van der Waals surface area contributed by atoms with E-state index < -0.39 is 29.7 Å². The first-order valence-corrected chi connectivity index (χ1v) is 22.1. The first kappa shape index (κ1) is 42.2. The lowest BCUT2D eigenvalue weighted by atomic mass is 9.86. The molecule has 5 aliphatic heterocycles. The highest BCUT2D eigenvalue weighted by molar-refractivity contribution is 6.33. The predicted octanol–water partition coefficient (Wildman–Crippen LogP) is 4.11. The highest BCUT2D eigenvalue weighted by atomic mass is 35.5. The molecule has 5 amide bonds. The zero-order valence-corrected chi connectivity index (χ0v) is 36.4. The fraction of sp³-hybridized carbons (Fsp3) is 0.467. The molecule has 1 spiro atoms. The van der Waals surface area contributed by atoms with Gasteiger partial charge in [-0.25, -0.2) is 4.98 Å². The SMILES string of the molecule is CNC(=O)COc1cc2cc(Nc3nc(N4CCC(CN5CCC6(CCN(c7ccc8c(c7)C(=O)N(C7CCC(=O)NC7=O)C8=O)C6)C5)CC4)ncc3Cl)ccc2n(C(C)C)c1=O. The van der Waals surface area contributed by atoms with Crippen LogP contribution in [-0.4, -0.2) is 119 Å². The molecule has 4 aromatic rings. The number of amides is 5. The molecule has 4 saturated heterocycles. The molecule has 7 heterocycles. The van der Waals surface area contributed by atoms with E-state index in [9.17, 15) is 28.8 Å². The molecule has 2 aromatic heterocycles. The summed E-state index contributed by atoms with van der Waals surface area (Å²) in [4.78, 5) is 93.6. The van der Waals surface area contributed by atoms with E-state index in [0.29, 0.717) is 39.5 Å². The number of pyridine rings is 1. The van der Waals surface area contributed by atoms with E-state index in [2.05, 4.69) is 35.6 Å². The third-order valence-electron chi connectivity index (χ3n) is 13.3. The minimum absolute atomic E-state index is 0.0866. The number of rotatable bonds is 11. The number of anilines is 4. The average Bonchev–Trinajstić information content (AvgIpc) is 3.95. The number of nitrogens with zero attached hydrogens (tertiary/aromatic N) is 7. The van der Waals surface area contributed by atoms with Crippen molar-refractivity contribution in [1.82, 2.24) is 35.0 Å². The van der Waals surface area contributed by atoms with E-state index in [0.717, 1.165) is 93.0 Å². The number of carbonyl (C=O) groups is 5. The molecule has 18 heteroatoms. The van der Waals surface area contributed by atoms with Crippen LogP contribution in [0.1, 0.15) is 79.1 Å². The summed E-state index contributed by atoms with van der Waals surface area (Å²) in [6, 6.07) is 11.6. The quantitative estimate of drug-likeness (QED) is 0.183. The van der Waals surface area contributed by atoms with E-state index >= 15 is 0 Å². The monoisotopic (exact) mass is 878 g/mol. The Hall–Kier alpha value is -6.07. The molecule has 0 bridgehead atoms. The number of hydrogen-bond donors (Lipinski definition) is 3. The summed E-state index contributed by atoms with van der Waals surface area (Å²) in [5.41, 5.74) is 2.80. The van der Waals surface area contributed by atoms with Crippen LogP contribution in [0, 0.1) is 11.3 Å². The lowest BCUT2D eigenvalue weighted by Gasteiger charge is -2.34. The molecule has 2 unspecified atom stereocenters. The Balaban J connectivity index is 0.795. The van der Waals surface area contributed by atoms with Crippen LogP contribution in [0.2, 0.25) is 5.02 Å². The van der Waals surface area contributed by atoms with Gasteiger partial charge in [-0.15, -0.1) is 0 Å². The van der Waals surface area contributed by atoms with Crippen LogP contribution in [0.4, 0.5) is 23.1 Å². The van der Waals surface area contributed by atoms with Crippen molar-refractivity contribution in [3.63, 3.8) is 0 Å². The van der Waals surface area contributed by atoms with Gasteiger partial charge in [0.05, 0.1) is 22.8 Å². The number of ether oxygens (including phenoxy) is 1. The summed E-state index contributed by atoms with van der Waals surface area (Å²) in [6.45, 7) is 10.0. The maximum absolute atomic E-state index is 13.5. The number of piperidine rings is 2. The Morgan fingerprint density at radius 1 is 0.937 bits per heavy atom. The molecule has 5 aliphatic rings. The Bertz CT molecular complexity index is 2590. The van der Waals surface area contributed by atoms with Crippen LogP contribution < -0.4 is 36.0 Å². The molecule has 3 N–H and O–H groups in total. The van der Waals surface area contributed by atoms with Crippen LogP contribution >= 0.6 is 11.6 Å². The van der Waals surface area contributed by atoms with Gasteiger partial charge >= 0.3 is 0 Å². The van der Waals surface area contributed by atoms with Gasteiger partial charge in [0.2, 0.25) is 17.8 Å². The Labute approximate surface area is 369 Å². The number of fused-ring (bicyclic) bond motifs is 2. The number of nitrogens with one attached hydrogen (secondary N) is 3. The maximum Gasteiger partial charge on any atom is 0.293 e. The topological polar surface area (TPSA) is 191 Å². The summed E-state index contributed by atoms with van der Waals surface area (Å²) in [6.07, 6.45) is 6.00. The van der Waals surface area contributed by atoms with Gasteiger partial charge in [0.25, 0.3) is 23.3 Å². The highest BCUT2D eigenvalue weighted by Crippen LogP contribution is 2.43. The van der Waals surface area contributed by atoms with Crippen molar-refractivity contribution in [3.8, 4) is 5.75 Å². The first-order valence-electron chi connectivity index (χ1n) is 21.7. The van der Waals surface area contributed by atoms with Crippen molar-refractivity contribution in [1.29, 1.82) is 0 Å². The number of halogens is 1. The molecule has 4 fully saturated rings. The number of hydrogen-bond acceptors (Lipinski definition) is 13. The van der Waals surface area contributed by atoms with E-state index in [-0.39, 0.29) is 48.1 Å². The normalized spacial score (nSPS) is 21.9. The molecule has 17 nitrogen and oxygen atoms in total. The Morgan fingerprint density at radius 2 is 1.71 bits per heavy atom. The number of benzene rings is 2. The maximum atomic E-state index is 13.5. The van der Waals surface area contributed by atoms with Crippen molar-refractivity contribution < 1.29 is 28.7 Å². The van der Waals surface area contributed by atoms with Gasteiger partial charge in [-0.1, -0.05) is 11.6 Å². The zero-order chi connectivity index (χ0) is 44.2. The molecule has 0 aliphatic carbocycles. The van der Waals surface area contributed by atoms with Gasteiger partial charge in [0.1, 0.15) is 11.1 Å². The lowest BCUT2D eigenvalue weighted by molar-refractivity contribution is -0.136. The summed E-state index contributed by atoms with van der Waals surface area (Å²) in [7, 11) is 1.51. The van der Waals surface area contributed by atoms with Crippen molar-refractivity contribution in [3.05, 3.63) is 75.2 Å². The Kier molecular flexibility index (Phi) is 11.3. The first-order chi connectivity index (χ1) is 30.3. The van der Waals surface area contributed by atoms with Crippen LogP contribution in [0.15, 0.2) is 53.5 Å². The summed E-state index contributed by atoms with van der Waals surface area (Å²) < 4.78 is 7.27. The third kappa shape index (κ3) is 8.19. The number of imide groups is 2. The average molecular weight is 879 g/mol. The molecule has 0 saturated carbocycles. The summed E-state index contributed by atoms with van der Waals surface area (Å²) >= 11 is 6.62. The summed E-state index contributed by atoms with van der Waals surface area (Å²) in [5.74, 6) is -0.609. The fourth-order valence-corrected chi connectivity index (χ4v) is 10.1. The van der Waals surface area contributed by atoms with Gasteiger partial charge in [0, 0.05) is 81.0 Å². The molecule has 2 aromatic carbocycles. The molecular formula is C45H51ClN10O7. The number of aromatic nitrogens is 3. The molecule has 0 radical (unpaired) electrons. The number of likely N-dealkylation sites (tertiary alicyclic amines) is 1. The fourth-order valence-electron chi connectivity index (χ4n) is 9.97. The minimum atomic E-state index is -0.982. The third-order valence-corrected chi connectivity index (χ3v) is 13.6. The van der Waals surface area contributed by atoms with Crippen LogP contribution in [-0.2, 0) is 14.4 Å². The van der Waals surface area contributed by atoms with Crippen LogP contribution in [0.25, 0.3) is 10.9 Å². The van der Waals surface area contributed by atoms with Gasteiger partial charge in [-0.3, -0.25) is 39.0 Å². The molecular weight excluding hydrogens is 828 g/mol. The minimum Gasteiger partial charge on any atom is -0.478 e. The van der Waals surface area contributed by atoms with Crippen molar-refractivity contribution in [2.75, 3.05) is 74.6 Å². The van der Waals surface area contributed by atoms with Crippen molar-refractivity contribution in [2.24, 2.45) is 11.3 Å². The predicted molar refractivity (Wildman–Crippen MR) is 237 cm³/mol. The van der Waals surface area contributed by atoms with Crippen LogP contribution in [0.3, 0.4) is 0 Å². The molecule has 2 atom stereocenters. The molecule has 330 valence electrons. The summed E-state index contributed by atoms with van der Waals surface area (Å²) in [5, 5.41) is 9.23. The van der Waals surface area contributed by atoms with Crippen molar-refractivity contribution >= 4 is 75.2 Å². The van der Waals surface area contributed by atoms with E-state index in [1.165, 1.54) is 7.05 Å².